The zero-order valence-corrected chi connectivity index (χ0v) is 20.1. The van der Waals surface area contributed by atoms with Gasteiger partial charge in [-0.25, -0.2) is 4.79 Å². The Morgan fingerprint density at radius 1 is 1.16 bits per heavy atom. The fourth-order valence-corrected chi connectivity index (χ4v) is 3.43. The molecule has 10 heteroatoms. The van der Waals surface area contributed by atoms with Crippen LogP contribution in [0.2, 0.25) is 18.1 Å². The van der Waals surface area contributed by atoms with Crippen LogP contribution >= 0.6 is 0 Å². The van der Waals surface area contributed by atoms with E-state index < -0.39 is 20.3 Å². The third-order valence-corrected chi connectivity index (χ3v) is 9.71. The number of carboxylic acid groups (broad SMARTS) is 1. The Bertz CT molecular complexity index is 791. The average Bonchev–Trinajstić information content (AvgIpc) is 2.64. The zero-order valence-electron chi connectivity index (χ0n) is 19.1. The Morgan fingerprint density at radius 3 is 2.39 bits per heavy atom. The number of benzene rings is 1. The van der Waals surface area contributed by atoms with Crippen molar-refractivity contribution in [2.75, 3.05) is 37.4 Å². The molecule has 1 aromatic rings. The van der Waals surface area contributed by atoms with Crippen molar-refractivity contribution in [3.63, 3.8) is 0 Å². The summed E-state index contributed by atoms with van der Waals surface area (Å²) in [6.45, 7) is 12.6. The summed E-state index contributed by atoms with van der Waals surface area (Å²) in [7, 11) is -1.81. The Labute approximate surface area is 185 Å². The molecule has 0 radical (unpaired) electrons. The third-order valence-electron chi connectivity index (χ3n) is 5.17. The SMILES string of the molecule is CC(C)(C)[Si](C)(C)OCCCOc1cc(C(N)=O)cc(N)c1NC/C=C/CNC(=O)O. The molecule has 0 heterocycles. The lowest BCUT2D eigenvalue weighted by atomic mass is 10.1. The van der Waals surface area contributed by atoms with Crippen molar-refractivity contribution >= 4 is 31.7 Å². The van der Waals surface area contributed by atoms with E-state index in [1.807, 2.05) is 0 Å². The van der Waals surface area contributed by atoms with Gasteiger partial charge >= 0.3 is 6.09 Å². The molecule has 0 spiro atoms. The van der Waals surface area contributed by atoms with E-state index in [9.17, 15) is 9.59 Å². The van der Waals surface area contributed by atoms with Crippen molar-refractivity contribution < 1.29 is 23.9 Å². The minimum absolute atomic E-state index is 0.142. The summed E-state index contributed by atoms with van der Waals surface area (Å²) >= 11 is 0. The third kappa shape index (κ3) is 8.89. The predicted molar refractivity (Wildman–Crippen MR) is 126 cm³/mol. The molecule has 0 aliphatic heterocycles. The van der Waals surface area contributed by atoms with Gasteiger partial charge in [-0.2, -0.15) is 0 Å². The molecule has 174 valence electrons. The fraction of sp³-hybridized carbons (Fsp3) is 0.524. The number of anilines is 2. The molecule has 0 saturated heterocycles. The molecular weight excluding hydrogens is 416 g/mol. The van der Waals surface area contributed by atoms with Crippen molar-refractivity contribution in [2.45, 2.75) is 45.3 Å². The van der Waals surface area contributed by atoms with E-state index in [4.69, 9.17) is 25.7 Å². The van der Waals surface area contributed by atoms with E-state index in [-0.39, 0.29) is 17.1 Å². The van der Waals surface area contributed by atoms with Crippen molar-refractivity contribution in [3.05, 3.63) is 29.8 Å². The second kappa shape index (κ2) is 11.6. The lowest BCUT2D eigenvalue weighted by Crippen LogP contribution is -2.41. The van der Waals surface area contributed by atoms with Gasteiger partial charge in [-0.1, -0.05) is 32.9 Å². The highest BCUT2D eigenvalue weighted by molar-refractivity contribution is 6.74. The standard InChI is InChI=1S/C21H36N4O5Si/c1-21(2,3)31(4,5)30-12-8-11-29-17-14-15(19(23)26)13-16(22)18(17)24-9-6-7-10-25-20(27)28/h6-7,13-14,24-25H,8-12,22H2,1-5H3,(H2,23,26)(H,27,28)/b7-6+. The summed E-state index contributed by atoms with van der Waals surface area (Å²) in [5.74, 6) is -0.165. The first-order valence-electron chi connectivity index (χ1n) is 10.2. The van der Waals surface area contributed by atoms with Crippen LogP contribution in [0.4, 0.5) is 16.2 Å². The van der Waals surface area contributed by atoms with Crippen molar-refractivity contribution in [3.8, 4) is 5.75 Å². The molecule has 1 aromatic carbocycles. The van der Waals surface area contributed by atoms with Gasteiger partial charge in [0.05, 0.1) is 12.3 Å². The molecule has 7 N–H and O–H groups in total. The summed E-state index contributed by atoms with van der Waals surface area (Å²) in [4.78, 5) is 22.0. The maximum absolute atomic E-state index is 11.6. The number of carbonyl (C=O) groups is 2. The second-order valence-corrected chi connectivity index (χ2v) is 13.5. The van der Waals surface area contributed by atoms with Gasteiger partial charge in [-0.05, 0) is 30.3 Å². The highest BCUT2D eigenvalue weighted by Crippen LogP contribution is 2.36. The average molecular weight is 453 g/mol. The normalized spacial score (nSPS) is 12.0. The van der Waals surface area contributed by atoms with Crippen LogP contribution < -0.4 is 26.8 Å². The number of nitrogens with one attached hydrogen (secondary N) is 2. The molecule has 2 amide bonds. The van der Waals surface area contributed by atoms with E-state index in [0.29, 0.717) is 43.3 Å². The summed E-state index contributed by atoms with van der Waals surface area (Å²) in [5.41, 5.74) is 12.6. The fourth-order valence-electron chi connectivity index (χ4n) is 2.34. The lowest BCUT2D eigenvalue weighted by molar-refractivity contribution is 0.0999. The van der Waals surface area contributed by atoms with E-state index in [1.54, 1.807) is 18.2 Å². The minimum Gasteiger partial charge on any atom is -0.491 e. The van der Waals surface area contributed by atoms with Crippen molar-refractivity contribution in [2.24, 2.45) is 5.73 Å². The van der Waals surface area contributed by atoms with Gasteiger partial charge in [-0.3, -0.25) is 4.79 Å². The zero-order chi connectivity index (χ0) is 23.7. The van der Waals surface area contributed by atoms with Gasteiger partial charge in [0.1, 0.15) is 11.4 Å². The maximum atomic E-state index is 11.6. The van der Waals surface area contributed by atoms with Gasteiger partial charge in [0.15, 0.2) is 8.32 Å². The monoisotopic (exact) mass is 452 g/mol. The van der Waals surface area contributed by atoms with E-state index >= 15 is 0 Å². The Morgan fingerprint density at radius 2 is 1.81 bits per heavy atom. The summed E-state index contributed by atoms with van der Waals surface area (Å²) < 4.78 is 12.0. The van der Waals surface area contributed by atoms with Crippen LogP contribution in [0, 0.1) is 0 Å². The maximum Gasteiger partial charge on any atom is 0.404 e. The number of amides is 2. The van der Waals surface area contributed by atoms with Gasteiger partial charge in [0.2, 0.25) is 5.91 Å². The number of nitrogen functional groups attached to an aromatic ring is 1. The number of hydrogen-bond acceptors (Lipinski definition) is 6. The molecule has 0 aliphatic carbocycles. The van der Waals surface area contributed by atoms with Crippen LogP contribution in [0.15, 0.2) is 24.3 Å². The smallest absolute Gasteiger partial charge is 0.404 e. The molecule has 0 bridgehead atoms. The summed E-state index contributed by atoms with van der Waals surface area (Å²) in [5, 5.41) is 14.1. The van der Waals surface area contributed by atoms with Crippen LogP contribution in [-0.4, -0.2) is 51.7 Å². The van der Waals surface area contributed by atoms with E-state index in [2.05, 4.69) is 44.5 Å². The largest absolute Gasteiger partial charge is 0.491 e. The predicted octanol–water partition coefficient (Wildman–Crippen LogP) is 3.39. The molecule has 1 rings (SSSR count). The Balaban J connectivity index is 2.73. The van der Waals surface area contributed by atoms with Gasteiger partial charge in [0, 0.05) is 31.7 Å². The minimum atomic E-state index is -1.81. The molecule has 9 nitrogen and oxygen atoms in total. The van der Waals surface area contributed by atoms with Crippen LogP contribution in [-0.2, 0) is 4.43 Å². The highest BCUT2D eigenvalue weighted by Gasteiger charge is 2.36. The Hall–Kier alpha value is -2.72. The topological polar surface area (TPSA) is 149 Å². The van der Waals surface area contributed by atoms with Crippen molar-refractivity contribution in [1.82, 2.24) is 5.32 Å². The van der Waals surface area contributed by atoms with Gasteiger partial charge in [-0.15, -0.1) is 0 Å². The first-order chi connectivity index (χ1) is 14.3. The van der Waals surface area contributed by atoms with Crippen LogP contribution in [0.3, 0.4) is 0 Å². The highest BCUT2D eigenvalue weighted by atomic mass is 28.4. The number of hydrogen-bond donors (Lipinski definition) is 5. The molecule has 0 aliphatic rings. The first kappa shape index (κ1) is 26.3. The molecule has 0 fully saturated rings. The van der Waals surface area contributed by atoms with Gasteiger partial charge in [0.25, 0.3) is 0 Å². The van der Waals surface area contributed by atoms with E-state index in [0.717, 1.165) is 0 Å². The number of rotatable bonds is 12. The molecule has 0 unspecified atom stereocenters. The van der Waals surface area contributed by atoms with Crippen LogP contribution in [0.25, 0.3) is 0 Å². The summed E-state index contributed by atoms with van der Waals surface area (Å²) in [6.07, 6.45) is 3.03. The van der Waals surface area contributed by atoms with Crippen molar-refractivity contribution in [1.29, 1.82) is 0 Å². The number of nitrogens with two attached hydrogens (primary N) is 2. The molecule has 0 atom stereocenters. The quantitative estimate of drug-likeness (QED) is 0.141. The lowest BCUT2D eigenvalue weighted by Gasteiger charge is -2.36. The molecule has 0 aromatic heterocycles. The molecule has 31 heavy (non-hydrogen) atoms. The Kier molecular flexibility index (Phi) is 9.85. The second-order valence-electron chi connectivity index (χ2n) is 8.65. The summed E-state index contributed by atoms with van der Waals surface area (Å²) in [6, 6.07) is 3.05. The van der Waals surface area contributed by atoms with Crippen LogP contribution in [0.1, 0.15) is 37.6 Å². The number of ether oxygens (including phenoxy) is 1. The first-order valence-corrected chi connectivity index (χ1v) is 13.1. The van der Waals surface area contributed by atoms with E-state index in [1.165, 1.54) is 6.07 Å². The molecule has 0 saturated carbocycles. The van der Waals surface area contributed by atoms with Gasteiger partial charge < -0.3 is 36.4 Å². The number of primary amides is 1. The van der Waals surface area contributed by atoms with Crippen LogP contribution in [0.5, 0.6) is 5.75 Å². The number of carbonyl (C=O) groups excluding carboxylic acids is 1. The molecular formula is C21H36N4O5Si.